The van der Waals surface area contributed by atoms with Crippen molar-refractivity contribution in [3.05, 3.63) is 39.3 Å². The third kappa shape index (κ3) is 3.63. The Morgan fingerprint density at radius 2 is 2.27 bits per heavy atom. The average Bonchev–Trinajstić information content (AvgIpc) is 2.99. The van der Waals surface area contributed by atoms with Crippen molar-refractivity contribution in [3.8, 4) is 0 Å². The third-order valence-electron chi connectivity index (χ3n) is 2.36. The van der Waals surface area contributed by atoms with E-state index in [9.17, 15) is 0 Å². The molecule has 1 aromatic rings. The van der Waals surface area contributed by atoms with Gasteiger partial charge in [-0.2, -0.15) is 0 Å². The van der Waals surface area contributed by atoms with E-state index in [-0.39, 0.29) is 0 Å². The molecule has 0 atom stereocenters. The zero-order valence-electron chi connectivity index (χ0n) is 8.34. The van der Waals surface area contributed by atoms with E-state index >= 15 is 0 Å². The zero-order valence-corrected chi connectivity index (χ0v) is 10.7. The van der Waals surface area contributed by atoms with Gasteiger partial charge in [0, 0.05) is 22.1 Å². The Labute approximate surface area is 104 Å². The molecule has 0 unspecified atom stereocenters. The van der Waals surface area contributed by atoms with Gasteiger partial charge >= 0.3 is 0 Å². The summed E-state index contributed by atoms with van der Waals surface area (Å²) < 4.78 is 1.04. The first kappa shape index (κ1) is 11.2. The van der Waals surface area contributed by atoms with Crippen molar-refractivity contribution in [1.82, 2.24) is 5.32 Å². The summed E-state index contributed by atoms with van der Waals surface area (Å²) in [5, 5.41) is 4.19. The van der Waals surface area contributed by atoms with Crippen LogP contribution in [0.4, 0.5) is 0 Å². The van der Waals surface area contributed by atoms with Crippen LogP contribution in [0.5, 0.6) is 0 Å². The van der Waals surface area contributed by atoms with Crippen molar-refractivity contribution in [2.24, 2.45) is 0 Å². The second-order valence-corrected chi connectivity index (χ2v) is 5.04. The molecule has 1 aliphatic carbocycles. The van der Waals surface area contributed by atoms with E-state index in [0.717, 1.165) is 27.6 Å². The maximum Gasteiger partial charge on any atom is 0.0417 e. The Bertz CT molecular complexity index is 372. The molecular weight excluding hydrogens is 273 g/mol. The Balaban J connectivity index is 1.90. The van der Waals surface area contributed by atoms with E-state index in [0.29, 0.717) is 0 Å². The highest BCUT2D eigenvalue weighted by molar-refractivity contribution is 9.10. The van der Waals surface area contributed by atoms with Crippen LogP contribution in [0.1, 0.15) is 18.4 Å². The molecule has 0 bridgehead atoms. The molecule has 0 spiro atoms. The highest BCUT2D eigenvalue weighted by Crippen LogP contribution is 2.22. The molecule has 1 aromatic carbocycles. The van der Waals surface area contributed by atoms with Crippen LogP contribution in [-0.4, -0.2) is 12.6 Å². The minimum Gasteiger partial charge on any atom is -0.311 e. The lowest BCUT2D eigenvalue weighted by Gasteiger charge is -1.99. The molecule has 1 nitrogen and oxygen atoms in total. The van der Waals surface area contributed by atoms with Gasteiger partial charge in [-0.25, -0.2) is 0 Å². The summed E-state index contributed by atoms with van der Waals surface area (Å²) >= 11 is 9.35. The lowest BCUT2D eigenvalue weighted by molar-refractivity contribution is 0.754. The Hall–Kier alpha value is -0.310. The van der Waals surface area contributed by atoms with Crippen LogP contribution in [0.2, 0.25) is 5.02 Å². The molecular formula is C12H13BrClN. The van der Waals surface area contributed by atoms with Crippen LogP contribution in [0, 0.1) is 0 Å². The summed E-state index contributed by atoms with van der Waals surface area (Å²) in [6.07, 6.45) is 6.92. The normalized spacial score (nSPS) is 16.1. The van der Waals surface area contributed by atoms with Crippen LogP contribution in [-0.2, 0) is 0 Å². The molecule has 1 aliphatic rings. The molecule has 0 heterocycles. The van der Waals surface area contributed by atoms with Gasteiger partial charge in [0.2, 0.25) is 0 Å². The zero-order chi connectivity index (χ0) is 10.7. The van der Waals surface area contributed by atoms with Gasteiger partial charge in [0.25, 0.3) is 0 Å². The summed E-state index contributed by atoms with van der Waals surface area (Å²) in [6.45, 7) is 0.944. The maximum atomic E-state index is 5.86. The van der Waals surface area contributed by atoms with Crippen molar-refractivity contribution in [3.63, 3.8) is 0 Å². The van der Waals surface area contributed by atoms with Gasteiger partial charge in [-0.3, -0.25) is 0 Å². The number of nitrogens with one attached hydrogen (secondary N) is 1. The number of benzene rings is 1. The van der Waals surface area contributed by atoms with E-state index in [1.165, 1.54) is 12.8 Å². The van der Waals surface area contributed by atoms with Crippen LogP contribution >= 0.6 is 27.5 Å². The lowest BCUT2D eigenvalue weighted by Crippen LogP contribution is -2.15. The minimum atomic E-state index is 0.759. The van der Waals surface area contributed by atoms with Crippen LogP contribution in [0.25, 0.3) is 6.08 Å². The standard InChI is InChI=1S/C12H13BrClN/c13-12-8-10(14)4-3-9(12)2-1-7-15-11-5-6-11/h1-4,8,11,15H,5-7H2/b2-1+. The Morgan fingerprint density at radius 3 is 2.93 bits per heavy atom. The van der Waals surface area contributed by atoms with Crippen molar-refractivity contribution < 1.29 is 0 Å². The lowest BCUT2D eigenvalue weighted by atomic mass is 10.2. The molecule has 1 N–H and O–H groups in total. The van der Waals surface area contributed by atoms with E-state index in [1.807, 2.05) is 18.2 Å². The van der Waals surface area contributed by atoms with Gasteiger partial charge in [-0.1, -0.05) is 45.7 Å². The number of halogens is 2. The first-order chi connectivity index (χ1) is 7.25. The summed E-state index contributed by atoms with van der Waals surface area (Å²) in [5.74, 6) is 0. The van der Waals surface area contributed by atoms with Gasteiger partial charge in [-0.15, -0.1) is 0 Å². The van der Waals surface area contributed by atoms with Gasteiger partial charge in [-0.05, 0) is 30.5 Å². The van der Waals surface area contributed by atoms with Gasteiger partial charge in [0.15, 0.2) is 0 Å². The maximum absolute atomic E-state index is 5.86. The second-order valence-electron chi connectivity index (χ2n) is 3.75. The van der Waals surface area contributed by atoms with Crippen LogP contribution in [0.3, 0.4) is 0 Å². The van der Waals surface area contributed by atoms with Gasteiger partial charge < -0.3 is 5.32 Å². The number of hydrogen-bond acceptors (Lipinski definition) is 1. The van der Waals surface area contributed by atoms with E-state index in [1.54, 1.807) is 0 Å². The van der Waals surface area contributed by atoms with E-state index in [4.69, 9.17) is 11.6 Å². The average molecular weight is 287 g/mol. The summed E-state index contributed by atoms with van der Waals surface area (Å²) in [6, 6.07) is 6.60. The summed E-state index contributed by atoms with van der Waals surface area (Å²) in [7, 11) is 0. The molecule has 1 fully saturated rings. The highest BCUT2D eigenvalue weighted by Gasteiger charge is 2.18. The number of rotatable bonds is 4. The Morgan fingerprint density at radius 1 is 1.47 bits per heavy atom. The van der Waals surface area contributed by atoms with E-state index in [2.05, 4.69) is 33.4 Å². The van der Waals surface area contributed by atoms with Gasteiger partial charge in [0.1, 0.15) is 0 Å². The summed E-state index contributed by atoms with van der Waals surface area (Å²) in [4.78, 5) is 0. The molecule has 0 aromatic heterocycles. The van der Waals surface area contributed by atoms with Crippen molar-refractivity contribution in [2.45, 2.75) is 18.9 Å². The molecule has 15 heavy (non-hydrogen) atoms. The molecule has 0 aliphatic heterocycles. The molecule has 0 radical (unpaired) electrons. The molecule has 0 amide bonds. The summed E-state index contributed by atoms with van der Waals surface area (Å²) in [5.41, 5.74) is 1.16. The molecule has 80 valence electrons. The van der Waals surface area contributed by atoms with Gasteiger partial charge in [0.05, 0.1) is 0 Å². The second kappa shape index (κ2) is 5.15. The molecule has 1 saturated carbocycles. The first-order valence-corrected chi connectivity index (χ1v) is 6.28. The van der Waals surface area contributed by atoms with Crippen molar-refractivity contribution in [1.29, 1.82) is 0 Å². The topological polar surface area (TPSA) is 12.0 Å². The van der Waals surface area contributed by atoms with Crippen molar-refractivity contribution >= 4 is 33.6 Å². The fraction of sp³-hybridized carbons (Fsp3) is 0.333. The predicted molar refractivity (Wildman–Crippen MR) is 69.2 cm³/mol. The minimum absolute atomic E-state index is 0.759. The molecule has 0 saturated heterocycles. The third-order valence-corrected chi connectivity index (χ3v) is 3.28. The molecule has 3 heteroatoms. The fourth-order valence-electron chi connectivity index (χ4n) is 1.34. The quantitative estimate of drug-likeness (QED) is 0.886. The van der Waals surface area contributed by atoms with E-state index < -0.39 is 0 Å². The number of hydrogen-bond donors (Lipinski definition) is 1. The SMILES string of the molecule is Clc1ccc(/C=C/CNC2CC2)c(Br)c1. The highest BCUT2D eigenvalue weighted by atomic mass is 79.9. The first-order valence-electron chi connectivity index (χ1n) is 5.10. The monoisotopic (exact) mass is 285 g/mol. The smallest absolute Gasteiger partial charge is 0.0417 e. The van der Waals surface area contributed by atoms with Crippen molar-refractivity contribution in [2.75, 3.05) is 6.54 Å². The molecule has 2 rings (SSSR count). The van der Waals surface area contributed by atoms with Crippen LogP contribution < -0.4 is 5.32 Å². The fourth-order valence-corrected chi connectivity index (χ4v) is 2.16. The largest absolute Gasteiger partial charge is 0.311 e. The Kier molecular flexibility index (Phi) is 3.84. The predicted octanol–water partition coefficient (Wildman–Crippen LogP) is 3.87. The van der Waals surface area contributed by atoms with Crippen LogP contribution in [0.15, 0.2) is 28.7 Å².